The van der Waals surface area contributed by atoms with Crippen LogP contribution >= 0.6 is 0 Å². The molecule has 0 atom stereocenters. The van der Waals surface area contributed by atoms with E-state index < -0.39 is 0 Å². The highest BCUT2D eigenvalue weighted by atomic mass is 16.2. The van der Waals surface area contributed by atoms with Crippen LogP contribution in [0, 0.1) is 0 Å². The van der Waals surface area contributed by atoms with Gasteiger partial charge >= 0.3 is 0 Å². The average molecular weight is 173 g/mol. The van der Waals surface area contributed by atoms with Gasteiger partial charge in [0.25, 0.3) is 0 Å². The van der Waals surface area contributed by atoms with Crippen LogP contribution in [0.2, 0.25) is 0 Å². The predicted molar refractivity (Wildman–Crippen MR) is 55.5 cm³/mol. The van der Waals surface area contributed by atoms with E-state index in [-0.39, 0.29) is 11.3 Å². The maximum Gasteiger partial charge on any atom is 0.227 e. The minimum absolute atomic E-state index is 0.175. The van der Waals surface area contributed by atoms with Crippen molar-refractivity contribution in [2.45, 2.75) is 19.3 Å². The standard InChI is InChI=1S/C10H12BNO/c1-10(2)7-5-3-4-6-8(7)12(11)9(10)13/h3-6H,11H2,1-2H3. The summed E-state index contributed by atoms with van der Waals surface area (Å²) < 4.78 is 0. The Labute approximate surface area is 79.0 Å². The van der Waals surface area contributed by atoms with Crippen LogP contribution in [0.1, 0.15) is 19.4 Å². The summed E-state index contributed by atoms with van der Waals surface area (Å²) in [6, 6.07) is 7.95. The maximum atomic E-state index is 11.8. The monoisotopic (exact) mass is 173 g/mol. The van der Waals surface area contributed by atoms with Crippen molar-refractivity contribution < 1.29 is 4.79 Å². The quantitative estimate of drug-likeness (QED) is 0.532. The Balaban J connectivity index is 2.68. The minimum atomic E-state index is -0.356. The van der Waals surface area contributed by atoms with Gasteiger partial charge in [-0.15, -0.1) is 0 Å². The highest BCUT2D eigenvalue weighted by molar-refractivity contribution is 6.35. The topological polar surface area (TPSA) is 20.3 Å². The minimum Gasteiger partial charge on any atom is -0.364 e. The Morgan fingerprint density at radius 3 is 2.54 bits per heavy atom. The lowest BCUT2D eigenvalue weighted by Crippen LogP contribution is -2.34. The molecule has 0 saturated heterocycles. The van der Waals surface area contributed by atoms with Crippen LogP contribution in [0.15, 0.2) is 24.3 Å². The second-order valence-corrected chi connectivity index (χ2v) is 4.01. The van der Waals surface area contributed by atoms with Crippen molar-refractivity contribution in [2.75, 3.05) is 4.81 Å². The lowest BCUT2D eigenvalue weighted by Gasteiger charge is -2.16. The number of anilines is 1. The molecule has 0 aromatic heterocycles. The lowest BCUT2D eigenvalue weighted by atomic mass is 9.86. The summed E-state index contributed by atoms with van der Waals surface area (Å²) in [5.74, 6) is 0.175. The third-order valence-electron chi connectivity index (χ3n) is 2.78. The molecule has 0 aliphatic carbocycles. The van der Waals surface area contributed by atoms with Crippen molar-refractivity contribution in [2.24, 2.45) is 0 Å². The highest BCUT2D eigenvalue weighted by Crippen LogP contribution is 2.39. The first-order chi connectivity index (χ1) is 6.05. The summed E-state index contributed by atoms with van der Waals surface area (Å²) >= 11 is 0. The number of fused-ring (bicyclic) bond motifs is 1. The van der Waals surface area contributed by atoms with Crippen LogP contribution < -0.4 is 4.81 Å². The lowest BCUT2D eigenvalue weighted by molar-refractivity contribution is -0.121. The van der Waals surface area contributed by atoms with Gasteiger partial charge in [-0.05, 0) is 25.5 Å². The summed E-state index contributed by atoms with van der Waals surface area (Å²) in [7, 11) is 1.83. The molecule has 2 rings (SSSR count). The molecular weight excluding hydrogens is 161 g/mol. The highest BCUT2D eigenvalue weighted by Gasteiger charge is 2.41. The zero-order chi connectivity index (χ0) is 9.64. The molecule has 0 fully saturated rings. The van der Waals surface area contributed by atoms with Crippen molar-refractivity contribution in [1.82, 2.24) is 0 Å². The van der Waals surface area contributed by atoms with Gasteiger partial charge in [-0.1, -0.05) is 18.2 Å². The first-order valence-corrected chi connectivity index (χ1v) is 4.43. The van der Waals surface area contributed by atoms with Crippen LogP contribution in [0.25, 0.3) is 0 Å². The molecule has 2 nitrogen and oxygen atoms in total. The number of carbonyl (C=O) groups is 1. The van der Waals surface area contributed by atoms with Crippen LogP contribution in [0.3, 0.4) is 0 Å². The zero-order valence-electron chi connectivity index (χ0n) is 8.16. The van der Waals surface area contributed by atoms with Gasteiger partial charge in [-0.3, -0.25) is 4.79 Å². The Hall–Kier alpha value is -1.25. The van der Waals surface area contributed by atoms with Gasteiger partial charge in [0.2, 0.25) is 13.9 Å². The first-order valence-electron chi connectivity index (χ1n) is 4.43. The van der Waals surface area contributed by atoms with Gasteiger partial charge in [0.1, 0.15) is 0 Å². The number of para-hydroxylation sites is 1. The van der Waals surface area contributed by atoms with Crippen molar-refractivity contribution in [3.05, 3.63) is 29.8 Å². The van der Waals surface area contributed by atoms with E-state index in [1.807, 2.05) is 46.1 Å². The summed E-state index contributed by atoms with van der Waals surface area (Å²) in [4.78, 5) is 13.5. The summed E-state index contributed by atoms with van der Waals surface area (Å²) in [6.45, 7) is 3.94. The SMILES string of the molecule is BN1C(=O)C(C)(C)c2ccccc21. The number of hydrogen-bond acceptors (Lipinski definition) is 1. The first kappa shape index (κ1) is 8.36. The number of nitrogens with zero attached hydrogens (tertiary/aromatic N) is 1. The average Bonchev–Trinajstić information content (AvgIpc) is 2.30. The van der Waals surface area contributed by atoms with Crippen LogP contribution in [-0.4, -0.2) is 13.9 Å². The number of amides is 1. The molecule has 1 aliphatic rings. The van der Waals surface area contributed by atoms with Crippen molar-refractivity contribution >= 4 is 19.6 Å². The molecule has 1 aromatic carbocycles. The van der Waals surface area contributed by atoms with E-state index in [1.165, 1.54) is 0 Å². The Kier molecular flexibility index (Phi) is 1.53. The van der Waals surface area contributed by atoms with Gasteiger partial charge in [0, 0.05) is 5.69 Å². The van der Waals surface area contributed by atoms with Crippen molar-refractivity contribution in [1.29, 1.82) is 0 Å². The molecule has 1 aromatic rings. The second kappa shape index (κ2) is 2.38. The fourth-order valence-electron chi connectivity index (χ4n) is 1.94. The molecule has 1 amide bonds. The molecular formula is C10H12BNO. The Morgan fingerprint density at radius 1 is 1.31 bits per heavy atom. The molecule has 0 N–H and O–H groups in total. The molecule has 0 spiro atoms. The Bertz CT molecular complexity index is 373. The van der Waals surface area contributed by atoms with E-state index in [9.17, 15) is 4.79 Å². The van der Waals surface area contributed by atoms with E-state index in [0.717, 1.165) is 11.3 Å². The molecule has 0 radical (unpaired) electrons. The zero-order valence-corrected chi connectivity index (χ0v) is 8.16. The number of hydrogen-bond donors (Lipinski definition) is 0. The molecule has 1 heterocycles. The fraction of sp³-hybridized carbons (Fsp3) is 0.300. The molecule has 13 heavy (non-hydrogen) atoms. The van der Waals surface area contributed by atoms with E-state index in [0.29, 0.717) is 0 Å². The Morgan fingerprint density at radius 2 is 1.92 bits per heavy atom. The molecule has 3 heteroatoms. The second-order valence-electron chi connectivity index (χ2n) is 4.01. The smallest absolute Gasteiger partial charge is 0.227 e. The normalized spacial score (nSPS) is 18.9. The predicted octanol–water partition coefficient (Wildman–Crippen LogP) is 0.859. The van der Waals surface area contributed by atoms with Crippen molar-refractivity contribution in [3.8, 4) is 0 Å². The summed E-state index contributed by atoms with van der Waals surface area (Å²) in [5.41, 5.74) is 1.81. The van der Waals surface area contributed by atoms with Gasteiger partial charge in [-0.2, -0.15) is 0 Å². The van der Waals surface area contributed by atoms with E-state index in [1.54, 1.807) is 4.81 Å². The number of rotatable bonds is 0. The van der Waals surface area contributed by atoms with Crippen LogP contribution in [0.4, 0.5) is 5.69 Å². The largest absolute Gasteiger partial charge is 0.364 e. The third-order valence-corrected chi connectivity index (χ3v) is 2.78. The fourth-order valence-corrected chi connectivity index (χ4v) is 1.94. The van der Waals surface area contributed by atoms with E-state index in [4.69, 9.17) is 0 Å². The summed E-state index contributed by atoms with van der Waals surface area (Å²) in [5, 5.41) is 0. The van der Waals surface area contributed by atoms with E-state index >= 15 is 0 Å². The van der Waals surface area contributed by atoms with Gasteiger partial charge < -0.3 is 4.81 Å². The van der Waals surface area contributed by atoms with Crippen LogP contribution in [-0.2, 0) is 10.2 Å². The number of benzene rings is 1. The third kappa shape index (κ3) is 0.931. The number of carbonyl (C=O) groups excluding carboxylic acids is 1. The molecule has 0 unspecified atom stereocenters. The molecule has 0 bridgehead atoms. The van der Waals surface area contributed by atoms with E-state index in [2.05, 4.69) is 0 Å². The van der Waals surface area contributed by atoms with Gasteiger partial charge in [-0.25, -0.2) is 0 Å². The maximum absolute atomic E-state index is 11.8. The van der Waals surface area contributed by atoms with Gasteiger partial charge in [0.15, 0.2) is 0 Å². The molecule has 0 saturated carbocycles. The molecule has 66 valence electrons. The van der Waals surface area contributed by atoms with Crippen LogP contribution in [0.5, 0.6) is 0 Å². The van der Waals surface area contributed by atoms with Crippen molar-refractivity contribution in [3.63, 3.8) is 0 Å². The molecule has 1 aliphatic heterocycles. The van der Waals surface area contributed by atoms with Gasteiger partial charge in [0.05, 0.1) is 5.41 Å². The summed E-state index contributed by atoms with van der Waals surface area (Å²) in [6.07, 6.45) is 0.